The van der Waals surface area contributed by atoms with Crippen molar-refractivity contribution in [1.82, 2.24) is 4.90 Å². The molecule has 0 aliphatic heterocycles. The summed E-state index contributed by atoms with van der Waals surface area (Å²) in [5.41, 5.74) is 7.24. The molecule has 2 rings (SSSR count). The lowest BCUT2D eigenvalue weighted by atomic mass is 10.1. The van der Waals surface area contributed by atoms with E-state index in [-0.39, 0.29) is 0 Å². The molecule has 0 aliphatic rings. The van der Waals surface area contributed by atoms with Gasteiger partial charge in [0.15, 0.2) is 0 Å². The molecule has 2 aromatic rings. The molecule has 1 aromatic carbocycles. The first kappa shape index (κ1) is 14.0. The molecule has 0 bridgehead atoms. The van der Waals surface area contributed by atoms with E-state index in [4.69, 9.17) is 5.73 Å². The van der Waals surface area contributed by atoms with Crippen LogP contribution in [-0.2, 0) is 13.1 Å². The Bertz CT molecular complexity index is 561. The van der Waals surface area contributed by atoms with E-state index in [2.05, 4.69) is 42.3 Å². The van der Waals surface area contributed by atoms with Crippen LogP contribution in [0, 0.1) is 0 Å². The van der Waals surface area contributed by atoms with Crippen LogP contribution < -0.4 is 5.73 Å². The number of thiophene rings is 1. The van der Waals surface area contributed by atoms with Crippen molar-refractivity contribution < 1.29 is 0 Å². The van der Waals surface area contributed by atoms with Crippen LogP contribution in [0.25, 0.3) is 10.1 Å². The topological polar surface area (TPSA) is 29.3 Å². The van der Waals surface area contributed by atoms with Crippen LogP contribution in [0.15, 0.2) is 49.6 Å². The first-order valence-electron chi connectivity index (χ1n) is 6.43. The third-order valence-corrected chi connectivity index (χ3v) is 4.36. The third kappa shape index (κ3) is 3.13. The van der Waals surface area contributed by atoms with Gasteiger partial charge in [0.05, 0.1) is 0 Å². The van der Waals surface area contributed by atoms with Crippen LogP contribution in [0.4, 0.5) is 0 Å². The number of benzene rings is 1. The average Bonchev–Trinajstić information content (AvgIpc) is 2.78. The average molecular weight is 272 g/mol. The number of fused-ring (bicyclic) bond motifs is 1. The van der Waals surface area contributed by atoms with Crippen LogP contribution in [0.1, 0.15) is 10.4 Å². The Kier molecular flexibility index (Phi) is 4.91. The molecule has 2 N–H and O–H groups in total. The fourth-order valence-electron chi connectivity index (χ4n) is 2.28. The summed E-state index contributed by atoms with van der Waals surface area (Å²) in [6, 6.07) is 8.51. The molecule has 0 unspecified atom stereocenters. The molecular weight excluding hydrogens is 252 g/mol. The quantitative estimate of drug-likeness (QED) is 0.781. The van der Waals surface area contributed by atoms with Gasteiger partial charge in [0.2, 0.25) is 0 Å². The highest BCUT2D eigenvalue weighted by Crippen LogP contribution is 2.31. The highest BCUT2D eigenvalue weighted by atomic mass is 32.1. The minimum absolute atomic E-state index is 0.602. The molecule has 1 heterocycles. The van der Waals surface area contributed by atoms with E-state index in [1.807, 2.05) is 12.2 Å². The molecule has 1 aromatic heterocycles. The van der Waals surface area contributed by atoms with Crippen LogP contribution in [0.5, 0.6) is 0 Å². The summed E-state index contributed by atoms with van der Waals surface area (Å²) >= 11 is 1.80. The monoisotopic (exact) mass is 272 g/mol. The summed E-state index contributed by atoms with van der Waals surface area (Å²) in [7, 11) is 0. The molecule has 0 fully saturated rings. The van der Waals surface area contributed by atoms with Crippen molar-refractivity contribution in [2.24, 2.45) is 5.73 Å². The summed E-state index contributed by atoms with van der Waals surface area (Å²) in [6.07, 6.45) is 3.86. The second-order valence-corrected chi connectivity index (χ2v) is 5.61. The van der Waals surface area contributed by atoms with Gasteiger partial charge in [0, 0.05) is 35.8 Å². The van der Waals surface area contributed by atoms with Gasteiger partial charge in [-0.3, -0.25) is 4.90 Å². The van der Waals surface area contributed by atoms with Crippen molar-refractivity contribution in [3.8, 4) is 0 Å². The van der Waals surface area contributed by atoms with Crippen LogP contribution in [0.2, 0.25) is 0 Å². The molecular formula is C16H20N2S. The molecule has 0 radical (unpaired) electrons. The molecule has 0 atom stereocenters. The molecule has 0 saturated heterocycles. The van der Waals surface area contributed by atoms with Crippen LogP contribution >= 0.6 is 11.3 Å². The van der Waals surface area contributed by atoms with Crippen LogP contribution in [-0.4, -0.2) is 18.0 Å². The highest BCUT2D eigenvalue weighted by Gasteiger charge is 2.13. The van der Waals surface area contributed by atoms with E-state index in [0.717, 1.165) is 19.6 Å². The number of hydrogen-bond acceptors (Lipinski definition) is 3. The van der Waals surface area contributed by atoms with Gasteiger partial charge in [0.25, 0.3) is 0 Å². The van der Waals surface area contributed by atoms with Crippen molar-refractivity contribution in [3.05, 3.63) is 60.0 Å². The molecule has 0 saturated carbocycles. The smallest absolute Gasteiger partial charge is 0.0349 e. The standard InChI is InChI=1S/C16H20N2S/c1-3-9-18(10-4-2)12-14-13-7-5-6-8-15(13)19-16(14)11-17/h3-8H,1-2,9-12,17H2. The van der Waals surface area contributed by atoms with E-state index in [1.54, 1.807) is 11.3 Å². The van der Waals surface area contributed by atoms with Crippen molar-refractivity contribution >= 4 is 21.4 Å². The lowest BCUT2D eigenvalue weighted by Gasteiger charge is -2.19. The molecule has 2 nitrogen and oxygen atoms in total. The first-order chi connectivity index (χ1) is 9.30. The zero-order valence-corrected chi connectivity index (χ0v) is 12.0. The summed E-state index contributed by atoms with van der Waals surface area (Å²) in [6.45, 7) is 10.9. The lowest BCUT2D eigenvalue weighted by molar-refractivity contribution is 0.328. The Hall–Kier alpha value is -1.42. The maximum atomic E-state index is 5.89. The molecule has 0 amide bonds. The molecule has 19 heavy (non-hydrogen) atoms. The number of hydrogen-bond donors (Lipinski definition) is 1. The fourth-order valence-corrected chi connectivity index (χ4v) is 3.37. The summed E-state index contributed by atoms with van der Waals surface area (Å²) < 4.78 is 1.31. The number of nitrogens with two attached hydrogens (primary N) is 1. The minimum Gasteiger partial charge on any atom is -0.326 e. The lowest BCUT2D eigenvalue weighted by Crippen LogP contribution is -2.23. The Morgan fingerprint density at radius 2 is 1.84 bits per heavy atom. The zero-order valence-electron chi connectivity index (χ0n) is 11.1. The van der Waals surface area contributed by atoms with Gasteiger partial charge in [-0.2, -0.15) is 0 Å². The van der Waals surface area contributed by atoms with Gasteiger partial charge < -0.3 is 5.73 Å². The van der Waals surface area contributed by atoms with Crippen LogP contribution in [0.3, 0.4) is 0 Å². The van der Waals surface area contributed by atoms with E-state index < -0.39 is 0 Å². The van der Waals surface area contributed by atoms with Crippen molar-refractivity contribution in [2.75, 3.05) is 13.1 Å². The van der Waals surface area contributed by atoms with Gasteiger partial charge in [0.1, 0.15) is 0 Å². The zero-order chi connectivity index (χ0) is 13.7. The molecule has 3 heteroatoms. The van der Waals surface area contributed by atoms with E-state index in [1.165, 1.54) is 20.5 Å². The van der Waals surface area contributed by atoms with Gasteiger partial charge >= 0.3 is 0 Å². The predicted octanol–water partition coefficient (Wildman–Crippen LogP) is 3.53. The van der Waals surface area contributed by atoms with Crippen molar-refractivity contribution in [1.29, 1.82) is 0 Å². The maximum Gasteiger partial charge on any atom is 0.0349 e. The first-order valence-corrected chi connectivity index (χ1v) is 7.25. The largest absolute Gasteiger partial charge is 0.326 e. The normalized spacial score (nSPS) is 11.1. The van der Waals surface area contributed by atoms with E-state index >= 15 is 0 Å². The van der Waals surface area contributed by atoms with Gasteiger partial charge in [-0.15, -0.1) is 24.5 Å². The Morgan fingerprint density at radius 3 is 2.47 bits per heavy atom. The van der Waals surface area contributed by atoms with E-state index in [0.29, 0.717) is 6.54 Å². The summed E-state index contributed by atoms with van der Waals surface area (Å²) in [4.78, 5) is 3.59. The second kappa shape index (κ2) is 6.66. The highest BCUT2D eigenvalue weighted by molar-refractivity contribution is 7.19. The molecule has 100 valence electrons. The predicted molar refractivity (Wildman–Crippen MR) is 85.4 cm³/mol. The minimum atomic E-state index is 0.602. The number of rotatable bonds is 7. The van der Waals surface area contributed by atoms with Gasteiger partial charge in [-0.1, -0.05) is 30.4 Å². The second-order valence-electron chi connectivity index (χ2n) is 4.48. The van der Waals surface area contributed by atoms with Gasteiger partial charge in [-0.25, -0.2) is 0 Å². The summed E-state index contributed by atoms with van der Waals surface area (Å²) in [5.74, 6) is 0. The third-order valence-electron chi connectivity index (χ3n) is 3.12. The van der Waals surface area contributed by atoms with Crippen molar-refractivity contribution in [2.45, 2.75) is 13.1 Å². The maximum absolute atomic E-state index is 5.89. The SMILES string of the molecule is C=CCN(CC=C)Cc1c(CN)sc2ccccc12. The van der Waals surface area contributed by atoms with Gasteiger partial charge in [-0.05, 0) is 17.0 Å². The summed E-state index contributed by atoms with van der Waals surface area (Å²) in [5, 5.41) is 1.33. The fraction of sp³-hybridized carbons (Fsp3) is 0.250. The molecule has 0 spiro atoms. The Labute approximate surface area is 118 Å². The Morgan fingerprint density at radius 1 is 1.16 bits per heavy atom. The Balaban J connectivity index is 2.36. The molecule has 0 aliphatic carbocycles. The number of nitrogens with zero attached hydrogens (tertiary/aromatic N) is 1. The van der Waals surface area contributed by atoms with E-state index in [9.17, 15) is 0 Å². The van der Waals surface area contributed by atoms with Crippen molar-refractivity contribution in [3.63, 3.8) is 0 Å².